The fourth-order valence-corrected chi connectivity index (χ4v) is 3.65. The van der Waals surface area contributed by atoms with Gasteiger partial charge < -0.3 is 4.57 Å². The van der Waals surface area contributed by atoms with E-state index in [1.165, 1.54) is 0 Å². The zero-order valence-electron chi connectivity index (χ0n) is 13.5. The van der Waals surface area contributed by atoms with Crippen molar-refractivity contribution in [1.29, 1.82) is 0 Å². The Morgan fingerprint density at radius 3 is 2.17 bits per heavy atom. The van der Waals surface area contributed by atoms with Gasteiger partial charge in [0.2, 0.25) is 10.0 Å². The van der Waals surface area contributed by atoms with E-state index in [9.17, 15) is 8.42 Å². The highest BCUT2D eigenvalue weighted by Gasteiger charge is 2.18. The van der Waals surface area contributed by atoms with Gasteiger partial charge in [-0.05, 0) is 36.8 Å². The summed E-state index contributed by atoms with van der Waals surface area (Å²) in [6.45, 7) is 2.22. The summed E-state index contributed by atoms with van der Waals surface area (Å²) in [5.74, 6) is 0. The minimum atomic E-state index is -3.53. The second-order valence-corrected chi connectivity index (χ2v) is 7.49. The van der Waals surface area contributed by atoms with Crippen LogP contribution >= 0.6 is 0 Å². The van der Waals surface area contributed by atoms with Gasteiger partial charge in [-0.25, -0.2) is 13.1 Å². The first-order chi connectivity index (χ1) is 11.6. The predicted molar refractivity (Wildman–Crippen MR) is 95.4 cm³/mol. The van der Waals surface area contributed by atoms with Gasteiger partial charge in [0.05, 0.1) is 10.9 Å². The van der Waals surface area contributed by atoms with E-state index in [-0.39, 0.29) is 17.5 Å². The van der Waals surface area contributed by atoms with Crippen LogP contribution in [0.2, 0.25) is 0 Å². The van der Waals surface area contributed by atoms with Gasteiger partial charge in [0, 0.05) is 18.9 Å². The molecule has 3 rings (SSSR count). The lowest BCUT2D eigenvalue weighted by atomic mass is 10.1. The predicted octanol–water partition coefficient (Wildman–Crippen LogP) is 3.36. The van der Waals surface area contributed by atoms with Crippen LogP contribution < -0.4 is 4.72 Å². The number of hydrogen-bond acceptors (Lipinski definition) is 2. The van der Waals surface area contributed by atoms with E-state index < -0.39 is 10.0 Å². The Balaban J connectivity index is 1.82. The van der Waals surface area contributed by atoms with Crippen LogP contribution in [0.1, 0.15) is 17.2 Å². The molecule has 124 valence electrons. The van der Waals surface area contributed by atoms with Crippen molar-refractivity contribution in [2.24, 2.45) is 0 Å². The van der Waals surface area contributed by atoms with Gasteiger partial charge in [0.25, 0.3) is 0 Å². The van der Waals surface area contributed by atoms with Crippen LogP contribution in [0.25, 0.3) is 0 Å². The van der Waals surface area contributed by atoms with Gasteiger partial charge in [-0.1, -0.05) is 48.0 Å². The van der Waals surface area contributed by atoms with E-state index in [0.717, 1.165) is 11.1 Å². The molecule has 0 radical (unpaired) electrons. The van der Waals surface area contributed by atoms with Crippen molar-refractivity contribution >= 4 is 10.0 Å². The number of nitrogens with one attached hydrogen (secondary N) is 1. The molecule has 0 spiro atoms. The minimum Gasteiger partial charge on any atom is -0.346 e. The maximum Gasteiger partial charge on any atom is 0.240 e. The van der Waals surface area contributed by atoms with E-state index in [1.807, 2.05) is 66.3 Å². The van der Waals surface area contributed by atoms with Crippen molar-refractivity contribution in [3.05, 3.63) is 90.3 Å². The standard InChI is InChI=1S/C19H20N2O2S/c1-16-9-11-18(12-10-16)24(22,23)20-15-19(21-13-5-6-14-21)17-7-3-2-4-8-17/h2-14,19-20H,15H2,1H3. The van der Waals surface area contributed by atoms with Crippen LogP contribution in [-0.4, -0.2) is 19.5 Å². The normalized spacial score (nSPS) is 12.9. The molecule has 4 nitrogen and oxygen atoms in total. The molecule has 0 aliphatic rings. The van der Waals surface area contributed by atoms with Crippen LogP contribution in [0, 0.1) is 6.92 Å². The quantitative estimate of drug-likeness (QED) is 0.748. The summed E-state index contributed by atoms with van der Waals surface area (Å²) in [6, 6.07) is 20.5. The number of aromatic nitrogens is 1. The summed E-state index contributed by atoms with van der Waals surface area (Å²) < 4.78 is 29.8. The van der Waals surface area contributed by atoms with Crippen LogP contribution in [0.3, 0.4) is 0 Å². The number of rotatable bonds is 6. The average Bonchev–Trinajstić information content (AvgIpc) is 3.11. The molecule has 24 heavy (non-hydrogen) atoms. The van der Waals surface area contributed by atoms with Crippen molar-refractivity contribution in [2.75, 3.05) is 6.54 Å². The molecular formula is C19H20N2O2S. The molecule has 0 saturated carbocycles. The van der Waals surface area contributed by atoms with Gasteiger partial charge in [-0.15, -0.1) is 0 Å². The maximum absolute atomic E-state index is 12.5. The molecule has 0 amide bonds. The molecule has 5 heteroatoms. The van der Waals surface area contributed by atoms with Crippen LogP contribution in [0.4, 0.5) is 0 Å². The van der Waals surface area contributed by atoms with E-state index in [0.29, 0.717) is 0 Å². The fraction of sp³-hybridized carbons (Fsp3) is 0.158. The number of sulfonamides is 1. The third-order valence-corrected chi connectivity index (χ3v) is 5.41. The van der Waals surface area contributed by atoms with Gasteiger partial charge in [0.15, 0.2) is 0 Å². The van der Waals surface area contributed by atoms with E-state index >= 15 is 0 Å². The minimum absolute atomic E-state index is 0.0959. The Morgan fingerprint density at radius 1 is 0.917 bits per heavy atom. The summed E-state index contributed by atoms with van der Waals surface area (Å²) in [5, 5.41) is 0. The molecule has 1 N–H and O–H groups in total. The molecular weight excluding hydrogens is 320 g/mol. The molecule has 0 fully saturated rings. The Hall–Kier alpha value is -2.37. The van der Waals surface area contributed by atoms with Crippen LogP contribution in [0.15, 0.2) is 84.0 Å². The summed E-state index contributed by atoms with van der Waals surface area (Å²) >= 11 is 0. The first-order valence-corrected chi connectivity index (χ1v) is 9.28. The Morgan fingerprint density at radius 2 is 1.54 bits per heavy atom. The van der Waals surface area contributed by atoms with Crippen molar-refractivity contribution in [2.45, 2.75) is 17.9 Å². The summed E-state index contributed by atoms with van der Waals surface area (Å²) in [7, 11) is -3.53. The number of aryl methyl sites for hydroxylation is 1. The monoisotopic (exact) mass is 340 g/mol. The Bertz CT molecular complexity index is 871. The topological polar surface area (TPSA) is 51.1 Å². The van der Waals surface area contributed by atoms with Gasteiger partial charge in [0.1, 0.15) is 0 Å². The van der Waals surface area contributed by atoms with Crippen molar-refractivity contribution in [3.8, 4) is 0 Å². The molecule has 0 aliphatic heterocycles. The highest BCUT2D eigenvalue weighted by Crippen LogP contribution is 2.19. The number of nitrogens with zero attached hydrogens (tertiary/aromatic N) is 1. The molecule has 1 aromatic heterocycles. The third-order valence-electron chi connectivity index (χ3n) is 3.97. The smallest absolute Gasteiger partial charge is 0.240 e. The van der Waals surface area contributed by atoms with E-state index in [2.05, 4.69) is 4.72 Å². The largest absolute Gasteiger partial charge is 0.346 e. The highest BCUT2D eigenvalue weighted by atomic mass is 32.2. The second kappa shape index (κ2) is 7.03. The summed E-state index contributed by atoms with van der Waals surface area (Å²) in [4.78, 5) is 0.285. The molecule has 1 unspecified atom stereocenters. The van der Waals surface area contributed by atoms with Gasteiger partial charge >= 0.3 is 0 Å². The van der Waals surface area contributed by atoms with E-state index in [4.69, 9.17) is 0 Å². The average molecular weight is 340 g/mol. The molecule has 2 aromatic carbocycles. The first-order valence-electron chi connectivity index (χ1n) is 7.80. The van der Waals surface area contributed by atoms with Crippen molar-refractivity contribution in [1.82, 2.24) is 9.29 Å². The molecule has 0 saturated heterocycles. The fourth-order valence-electron chi connectivity index (χ4n) is 2.62. The molecule has 1 heterocycles. The zero-order chi connectivity index (χ0) is 17.0. The first kappa shape index (κ1) is 16.5. The lowest BCUT2D eigenvalue weighted by molar-refractivity contribution is 0.544. The maximum atomic E-state index is 12.5. The Labute approximate surface area is 142 Å². The molecule has 0 bridgehead atoms. The summed E-state index contributed by atoms with van der Waals surface area (Å²) in [6.07, 6.45) is 3.88. The Kier molecular flexibility index (Phi) is 4.83. The molecule has 1 atom stereocenters. The number of hydrogen-bond donors (Lipinski definition) is 1. The SMILES string of the molecule is Cc1ccc(S(=O)(=O)NCC(c2ccccc2)n2cccc2)cc1. The van der Waals surface area contributed by atoms with Gasteiger partial charge in [-0.3, -0.25) is 0 Å². The van der Waals surface area contributed by atoms with Gasteiger partial charge in [-0.2, -0.15) is 0 Å². The summed E-state index contributed by atoms with van der Waals surface area (Å²) in [5.41, 5.74) is 2.09. The van der Waals surface area contributed by atoms with Crippen molar-refractivity contribution in [3.63, 3.8) is 0 Å². The third kappa shape index (κ3) is 3.75. The lowest BCUT2D eigenvalue weighted by Crippen LogP contribution is -2.31. The molecule has 3 aromatic rings. The second-order valence-electron chi connectivity index (χ2n) is 5.72. The highest BCUT2D eigenvalue weighted by molar-refractivity contribution is 7.89. The van der Waals surface area contributed by atoms with Crippen LogP contribution in [0.5, 0.6) is 0 Å². The van der Waals surface area contributed by atoms with Crippen molar-refractivity contribution < 1.29 is 8.42 Å². The lowest BCUT2D eigenvalue weighted by Gasteiger charge is -2.20. The number of benzene rings is 2. The zero-order valence-corrected chi connectivity index (χ0v) is 14.3. The molecule has 0 aliphatic carbocycles. The van der Waals surface area contributed by atoms with E-state index in [1.54, 1.807) is 24.3 Å². The van der Waals surface area contributed by atoms with Crippen LogP contribution in [-0.2, 0) is 10.0 Å².